The molecule has 0 aromatic carbocycles. The number of rotatable bonds is 1. The van der Waals surface area contributed by atoms with Gasteiger partial charge < -0.3 is 4.84 Å². The first kappa shape index (κ1) is 12.3. The Morgan fingerprint density at radius 2 is 1.87 bits per heavy atom. The van der Waals surface area contributed by atoms with E-state index < -0.39 is 23.5 Å². The van der Waals surface area contributed by atoms with Crippen molar-refractivity contribution in [3.8, 4) is 0 Å². The Morgan fingerprint density at radius 1 is 1.40 bits per heavy atom. The minimum absolute atomic E-state index is 0.0326. The van der Waals surface area contributed by atoms with Crippen LogP contribution in [0.5, 0.6) is 0 Å². The zero-order valence-corrected chi connectivity index (χ0v) is 8.43. The number of alkyl halides is 3. The van der Waals surface area contributed by atoms with Gasteiger partial charge in [-0.15, -0.1) is 0 Å². The molecule has 0 atom stereocenters. The zero-order valence-electron chi connectivity index (χ0n) is 8.43. The molecule has 0 saturated heterocycles. The van der Waals surface area contributed by atoms with Crippen LogP contribution >= 0.6 is 0 Å². The quantitative estimate of drug-likeness (QED) is 0.696. The largest absolute Gasteiger partial charge is 0.391 e. The summed E-state index contributed by atoms with van der Waals surface area (Å²) >= 11 is 0. The van der Waals surface area contributed by atoms with Gasteiger partial charge in [0.1, 0.15) is 0 Å². The molecule has 0 bridgehead atoms. The Hall–Kier alpha value is -0.780. The second-order valence-corrected chi connectivity index (χ2v) is 4.28. The maximum Gasteiger partial charge on any atom is 0.391 e. The molecule has 1 rings (SSSR count). The molecule has 1 fully saturated rings. The van der Waals surface area contributed by atoms with Gasteiger partial charge in [-0.2, -0.15) is 19.1 Å². The van der Waals surface area contributed by atoms with Gasteiger partial charge in [0, 0.05) is 0 Å². The number of halogens is 3. The molecule has 2 N–H and O–H groups in total. The van der Waals surface area contributed by atoms with E-state index in [4.69, 9.17) is 5.90 Å². The van der Waals surface area contributed by atoms with Crippen molar-refractivity contribution < 1.29 is 22.8 Å². The lowest BCUT2D eigenvalue weighted by Crippen LogP contribution is -2.38. The summed E-state index contributed by atoms with van der Waals surface area (Å²) < 4.78 is 37.0. The van der Waals surface area contributed by atoms with E-state index in [0.29, 0.717) is 0 Å². The number of nitrogens with two attached hydrogens (primary N) is 1. The third-order valence-electron chi connectivity index (χ3n) is 3.15. The third kappa shape index (κ3) is 2.62. The van der Waals surface area contributed by atoms with Crippen molar-refractivity contribution in [3.05, 3.63) is 0 Å². The van der Waals surface area contributed by atoms with Gasteiger partial charge in [0.25, 0.3) is 0 Å². The van der Waals surface area contributed by atoms with Crippen molar-refractivity contribution in [1.82, 2.24) is 0 Å². The van der Waals surface area contributed by atoms with Crippen LogP contribution in [0, 0.1) is 11.3 Å². The van der Waals surface area contributed by atoms with Gasteiger partial charge in [0.2, 0.25) is 0 Å². The number of carbonyl (C=O) groups is 1. The normalized spacial score (nSPS) is 32.5. The minimum Gasteiger partial charge on any atom is -0.373 e. The Bertz CT molecular complexity index is 244. The van der Waals surface area contributed by atoms with Crippen LogP contribution < -0.4 is 5.90 Å². The molecule has 1 aliphatic rings. The second-order valence-electron chi connectivity index (χ2n) is 4.28. The Morgan fingerprint density at radius 3 is 2.20 bits per heavy atom. The summed E-state index contributed by atoms with van der Waals surface area (Å²) in [5.41, 5.74) is -0.851. The molecule has 0 aromatic rings. The Labute approximate surface area is 85.7 Å². The molecule has 0 amide bonds. The van der Waals surface area contributed by atoms with Gasteiger partial charge in [0.15, 0.2) is 0 Å². The van der Waals surface area contributed by atoms with E-state index in [2.05, 4.69) is 4.84 Å². The SMILES string of the molecule is CC1(C(=O)ON)CCC(C(F)(F)F)CC1. The van der Waals surface area contributed by atoms with Crippen molar-refractivity contribution in [2.75, 3.05) is 0 Å². The van der Waals surface area contributed by atoms with Crippen LogP contribution in [0.3, 0.4) is 0 Å². The summed E-state index contributed by atoms with van der Waals surface area (Å²) in [5.74, 6) is 2.82. The van der Waals surface area contributed by atoms with Crippen molar-refractivity contribution in [3.63, 3.8) is 0 Å². The van der Waals surface area contributed by atoms with Gasteiger partial charge in [0.05, 0.1) is 11.3 Å². The maximum atomic E-state index is 12.3. The highest BCUT2D eigenvalue weighted by atomic mass is 19.4. The fourth-order valence-corrected chi connectivity index (χ4v) is 1.93. The highest BCUT2D eigenvalue weighted by Crippen LogP contribution is 2.45. The fourth-order valence-electron chi connectivity index (χ4n) is 1.93. The molecule has 0 heterocycles. The smallest absolute Gasteiger partial charge is 0.373 e. The molecule has 15 heavy (non-hydrogen) atoms. The van der Waals surface area contributed by atoms with E-state index in [-0.39, 0.29) is 25.7 Å². The van der Waals surface area contributed by atoms with Gasteiger partial charge in [-0.05, 0) is 32.6 Å². The van der Waals surface area contributed by atoms with Gasteiger partial charge in [-0.25, -0.2) is 4.79 Å². The summed E-state index contributed by atoms with van der Waals surface area (Å²) in [7, 11) is 0. The lowest BCUT2D eigenvalue weighted by Gasteiger charge is -2.35. The van der Waals surface area contributed by atoms with Gasteiger partial charge >= 0.3 is 12.1 Å². The average Bonchev–Trinajstić information content (AvgIpc) is 2.15. The van der Waals surface area contributed by atoms with Crippen molar-refractivity contribution in [1.29, 1.82) is 0 Å². The molecular weight excluding hydrogens is 211 g/mol. The summed E-state index contributed by atoms with van der Waals surface area (Å²) in [6, 6.07) is 0. The van der Waals surface area contributed by atoms with Crippen LogP contribution in [0.2, 0.25) is 0 Å². The van der Waals surface area contributed by atoms with Crippen LogP contribution in [0.4, 0.5) is 13.2 Å². The van der Waals surface area contributed by atoms with E-state index in [9.17, 15) is 18.0 Å². The van der Waals surface area contributed by atoms with Crippen LogP contribution in [0.15, 0.2) is 0 Å². The first-order valence-corrected chi connectivity index (χ1v) is 4.77. The lowest BCUT2D eigenvalue weighted by molar-refractivity contribution is -0.192. The van der Waals surface area contributed by atoms with Crippen molar-refractivity contribution in [2.24, 2.45) is 17.2 Å². The average molecular weight is 225 g/mol. The number of carbonyl (C=O) groups excluding carboxylic acids is 1. The standard InChI is InChI=1S/C9H14F3NO2/c1-8(7(14)15-13)4-2-6(3-5-8)9(10,11)12/h6H,2-5,13H2,1H3. The van der Waals surface area contributed by atoms with Crippen LogP contribution in [-0.4, -0.2) is 12.1 Å². The molecular formula is C9H14F3NO2. The van der Waals surface area contributed by atoms with E-state index in [1.54, 1.807) is 6.92 Å². The highest BCUT2D eigenvalue weighted by Gasteiger charge is 2.47. The summed E-state index contributed by atoms with van der Waals surface area (Å²) in [4.78, 5) is 15.3. The van der Waals surface area contributed by atoms with E-state index in [1.807, 2.05) is 0 Å². The summed E-state index contributed by atoms with van der Waals surface area (Å²) in [6.45, 7) is 1.59. The molecule has 0 aromatic heterocycles. The molecule has 88 valence electrons. The lowest BCUT2D eigenvalue weighted by atomic mass is 9.71. The van der Waals surface area contributed by atoms with Crippen molar-refractivity contribution in [2.45, 2.75) is 38.8 Å². The predicted octanol–water partition coefficient (Wildman–Crippen LogP) is 2.16. The maximum absolute atomic E-state index is 12.3. The van der Waals surface area contributed by atoms with E-state index >= 15 is 0 Å². The molecule has 0 spiro atoms. The fraction of sp³-hybridized carbons (Fsp3) is 0.889. The molecule has 1 saturated carbocycles. The first-order chi connectivity index (χ1) is 6.79. The van der Waals surface area contributed by atoms with Crippen LogP contribution in [0.25, 0.3) is 0 Å². The number of hydrogen-bond donors (Lipinski definition) is 1. The Balaban J connectivity index is 2.59. The highest BCUT2D eigenvalue weighted by molar-refractivity contribution is 5.76. The monoisotopic (exact) mass is 225 g/mol. The summed E-state index contributed by atoms with van der Waals surface area (Å²) in [6.07, 6.45) is -3.88. The van der Waals surface area contributed by atoms with Gasteiger partial charge in [-0.1, -0.05) is 0 Å². The zero-order chi connectivity index (χ0) is 11.7. The molecule has 0 unspecified atom stereocenters. The third-order valence-corrected chi connectivity index (χ3v) is 3.15. The number of hydrogen-bond acceptors (Lipinski definition) is 3. The van der Waals surface area contributed by atoms with E-state index in [1.165, 1.54) is 0 Å². The molecule has 0 aliphatic heterocycles. The molecule has 3 nitrogen and oxygen atoms in total. The summed E-state index contributed by atoms with van der Waals surface area (Å²) in [5, 5.41) is 0. The molecule has 0 radical (unpaired) electrons. The Kier molecular flexibility index (Phi) is 3.28. The molecule has 1 aliphatic carbocycles. The minimum atomic E-state index is -4.16. The molecule has 6 heteroatoms. The van der Waals surface area contributed by atoms with Crippen molar-refractivity contribution >= 4 is 5.97 Å². The van der Waals surface area contributed by atoms with Crippen LogP contribution in [-0.2, 0) is 9.63 Å². The topological polar surface area (TPSA) is 52.3 Å². The van der Waals surface area contributed by atoms with Crippen LogP contribution in [0.1, 0.15) is 32.6 Å². The predicted molar refractivity (Wildman–Crippen MR) is 46.4 cm³/mol. The second kappa shape index (κ2) is 4.00. The first-order valence-electron chi connectivity index (χ1n) is 4.77. The van der Waals surface area contributed by atoms with E-state index in [0.717, 1.165) is 0 Å². The van der Waals surface area contributed by atoms with Gasteiger partial charge in [-0.3, -0.25) is 0 Å².